The third-order valence-electron chi connectivity index (χ3n) is 2.16. The van der Waals surface area contributed by atoms with Crippen molar-refractivity contribution in [1.82, 2.24) is 5.32 Å². The SMILES string of the molecule is C[C@@H](NCc1cc(F)ccc1C#N)C(=O)O. The van der Waals surface area contributed by atoms with Gasteiger partial charge in [0.15, 0.2) is 0 Å². The highest BCUT2D eigenvalue weighted by Gasteiger charge is 2.11. The van der Waals surface area contributed by atoms with Crippen molar-refractivity contribution in [1.29, 1.82) is 5.26 Å². The molecule has 84 valence electrons. The number of halogens is 1. The Morgan fingerprint density at radius 1 is 1.69 bits per heavy atom. The van der Waals surface area contributed by atoms with Crippen LogP contribution in [0, 0.1) is 17.1 Å². The minimum atomic E-state index is -0.991. The monoisotopic (exact) mass is 222 g/mol. The van der Waals surface area contributed by atoms with E-state index in [9.17, 15) is 9.18 Å². The van der Waals surface area contributed by atoms with Gasteiger partial charge >= 0.3 is 5.97 Å². The smallest absolute Gasteiger partial charge is 0.320 e. The van der Waals surface area contributed by atoms with Crippen molar-refractivity contribution in [2.75, 3.05) is 0 Å². The van der Waals surface area contributed by atoms with Crippen LogP contribution in [0.1, 0.15) is 18.1 Å². The zero-order chi connectivity index (χ0) is 12.1. The zero-order valence-electron chi connectivity index (χ0n) is 8.70. The van der Waals surface area contributed by atoms with Crippen molar-refractivity contribution in [2.45, 2.75) is 19.5 Å². The molecule has 1 aromatic carbocycles. The van der Waals surface area contributed by atoms with Crippen LogP contribution in [0.5, 0.6) is 0 Å². The zero-order valence-corrected chi connectivity index (χ0v) is 8.70. The minimum Gasteiger partial charge on any atom is -0.480 e. The van der Waals surface area contributed by atoms with Crippen LogP contribution in [-0.4, -0.2) is 17.1 Å². The third-order valence-corrected chi connectivity index (χ3v) is 2.16. The lowest BCUT2D eigenvalue weighted by atomic mass is 10.1. The van der Waals surface area contributed by atoms with Gasteiger partial charge in [-0.05, 0) is 30.7 Å². The molecule has 0 aliphatic rings. The van der Waals surface area contributed by atoms with Crippen LogP contribution in [0.2, 0.25) is 0 Å². The lowest BCUT2D eigenvalue weighted by Gasteiger charge is -2.10. The molecule has 1 atom stereocenters. The highest BCUT2D eigenvalue weighted by Crippen LogP contribution is 2.10. The van der Waals surface area contributed by atoms with E-state index in [1.807, 2.05) is 6.07 Å². The van der Waals surface area contributed by atoms with Gasteiger partial charge in [0.1, 0.15) is 11.9 Å². The lowest BCUT2D eigenvalue weighted by Crippen LogP contribution is -2.33. The molecule has 0 saturated carbocycles. The summed E-state index contributed by atoms with van der Waals surface area (Å²) in [7, 11) is 0. The summed E-state index contributed by atoms with van der Waals surface area (Å²) >= 11 is 0. The van der Waals surface area contributed by atoms with Gasteiger partial charge in [0, 0.05) is 6.54 Å². The van der Waals surface area contributed by atoms with Crippen molar-refractivity contribution >= 4 is 5.97 Å². The van der Waals surface area contributed by atoms with E-state index in [2.05, 4.69) is 5.32 Å². The fourth-order valence-corrected chi connectivity index (χ4v) is 1.17. The van der Waals surface area contributed by atoms with Gasteiger partial charge in [-0.1, -0.05) is 0 Å². The molecule has 0 fully saturated rings. The maximum atomic E-state index is 12.9. The molecule has 2 N–H and O–H groups in total. The van der Waals surface area contributed by atoms with Crippen molar-refractivity contribution in [3.8, 4) is 6.07 Å². The van der Waals surface area contributed by atoms with E-state index in [1.165, 1.54) is 25.1 Å². The quantitative estimate of drug-likeness (QED) is 0.804. The summed E-state index contributed by atoms with van der Waals surface area (Å²) in [5.41, 5.74) is 0.794. The maximum Gasteiger partial charge on any atom is 0.320 e. The van der Waals surface area contributed by atoms with Gasteiger partial charge in [-0.2, -0.15) is 5.26 Å². The number of carbonyl (C=O) groups is 1. The molecular formula is C11H11FN2O2. The first-order chi connectivity index (χ1) is 7.54. The molecule has 5 heteroatoms. The Kier molecular flexibility index (Phi) is 3.97. The fraction of sp³-hybridized carbons (Fsp3) is 0.273. The predicted octanol–water partition coefficient (Wildman–Crippen LogP) is 1.26. The van der Waals surface area contributed by atoms with Crippen LogP contribution in [-0.2, 0) is 11.3 Å². The van der Waals surface area contributed by atoms with Gasteiger partial charge in [0.05, 0.1) is 11.6 Å². The molecule has 1 aromatic rings. The second kappa shape index (κ2) is 5.24. The molecule has 0 unspecified atom stereocenters. The number of carboxylic acids is 1. The molecule has 0 radical (unpaired) electrons. The molecule has 1 rings (SSSR count). The average Bonchev–Trinajstić information content (AvgIpc) is 2.25. The van der Waals surface area contributed by atoms with E-state index in [0.717, 1.165) is 0 Å². The van der Waals surface area contributed by atoms with E-state index >= 15 is 0 Å². The van der Waals surface area contributed by atoms with Gasteiger partial charge in [0.2, 0.25) is 0 Å². The topological polar surface area (TPSA) is 73.1 Å². The molecule has 0 spiro atoms. The maximum absolute atomic E-state index is 12.9. The van der Waals surface area contributed by atoms with E-state index < -0.39 is 17.8 Å². The van der Waals surface area contributed by atoms with Gasteiger partial charge in [-0.3, -0.25) is 4.79 Å². The number of rotatable bonds is 4. The van der Waals surface area contributed by atoms with E-state index in [4.69, 9.17) is 10.4 Å². The van der Waals surface area contributed by atoms with Crippen LogP contribution in [0.25, 0.3) is 0 Å². The Labute approximate surface area is 92.3 Å². The number of hydrogen-bond donors (Lipinski definition) is 2. The van der Waals surface area contributed by atoms with E-state index in [0.29, 0.717) is 11.1 Å². The molecule has 0 aromatic heterocycles. The van der Waals surface area contributed by atoms with Crippen LogP contribution >= 0.6 is 0 Å². The van der Waals surface area contributed by atoms with Gasteiger partial charge in [-0.25, -0.2) is 4.39 Å². The van der Waals surface area contributed by atoms with Crippen LogP contribution in [0.15, 0.2) is 18.2 Å². The van der Waals surface area contributed by atoms with Crippen molar-refractivity contribution in [3.05, 3.63) is 35.1 Å². The number of nitrogens with zero attached hydrogens (tertiary/aromatic N) is 1. The number of nitriles is 1. The van der Waals surface area contributed by atoms with Crippen LogP contribution in [0.4, 0.5) is 4.39 Å². The molecule has 0 aliphatic heterocycles. The summed E-state index contributed by atoms with van der Waals surface area (Å²) < 4.78 is 12.9. The first-order valence-corrected chi connectivity index (χ1v) is 4.69. The Bertz CT molecular complexity index is 440. The van der Waals surface area contributed by atoms with Gasteiger partial charge in [0.25, 0.3) is 0 Å². The van der Waals surface area contributed by atoms with Gasteiger partial charge in [-0.15, -0.1) is 0 Å². The summed E-state index contributed by atoms with van der Waals surface area (Å²) in [6.07, 6.45) is 0. The van der Waals surface area contributed by atoms with Crippen molar-refractivity contribution in [3.63, 3.8) is 0 Å². The number of hydrogen-bond acceptors (Lipinski definition) is 3. The van der Waals surface area contributed by atoms with Crippen molar-refractivity contribution < 1.29 is 14.3 Å². The molecule has 0 aliphatic carbocycles. The Hall–Kier alpha value is -1.93. The van der Waals surface area contributed by atoms with E-state index in [1.54, 1.807) is 0 Å². The number of nitrogens with one attached hydrogen (secondary N) is 1. The second-order valence-corrected chi connectivity index (χ2v) is 3.35. The summed E-state index contributed by atoms with van der Waals surface area (Å²) in [6.45, 7) is 1.63. The third kappa shape index (κ3) is 3.04. The molecule has 16 heavy (non-hydrogen) atoms. The lowest BCUT2D eigenvalue weighted by molar-refractivity contribution is -0.139. The van der Waals surface area contributed by atoms with Crippen LogP contribution in [0.3, 0.4) is 0 Å². The molecular weight excluding hydrogens is 211 g/mol. The Morgan fingerprint density at radius 2 is 2.38 bits per heavy atom. The van der Waals surface area contributed by atoms with Gasteiger partial charge < -0.3 is 10.4 Å². The Morgan fingerprint density at radius 3 is 2.94 bits per heavy atom. The molecule has 0 bridgehead atoms. The standard InChI is InChI=1S/C11H11FN2O2/c1-7(11(15)16)14-6-9-4-10(12)3-2-8(9)5-13/h2-4,7,14H,6H2,1H3,(H,15,16)/t7-/m1/s1. The number of carboxylic acid groups (broad SMARTS) is 1. The largest absolute Gasteiger partial charge is 0.480 e. The molecule has 0 amide bonds. The highest BCUT2D eigenvalue weighted by molar-refractivity contribution is 5.72. The summed E-state index contributed by atoms with van der Waals surface area (Å²) in [5, 5.41) is 20.1. The molecule has 0 saturated heterocycles. The first-order valence-electron chi connectivity index (χ1n) is 4.69. The highest BCUT2D eigenvalue weighted by atomic mass is 19.1. The van der Waals surface area contributed by atoms with Crippen molar-refractivity contribution in [2.24, 2.45) is 0 Å². The number of benzene rings is 1. The predicted molar refractivity (Wildman–Crippen MR) is 55.1 cm³/mol. The molecule has 0 heterocycles. The first kappa shape index (κ1) is 12.1. The summed E-state index contributed by atoms with van der Waals surface area (Å²) in [6, 6.07) is 4.97. The Balaban J connectivity index is 2.77. The average molecular weight is 222 g/mol. The van der Waals surface area contributed by atoms with E-state index in [-0.39, 0.29) is 6.54 Å². The summed E-state index contributed by atoms with van der Waals surface area (Å²) in [5.74, 6) is -1.44. The van der Waals surface area contributed by atoms with Crippen LogP contribution < -0.4 is 5.32 Å². The second-order valence-electron chi connectivity index (χ2n) is 3.35. The minimum absolute atomic E-state index is 0.147. The normalized spacial score (nSPS) is 11.8. The molecule has 4 nitrogen and oxygen atoms in total. The fourth-order valence-electron chi connectivity index (χ4n) is 1.17. The summed E-state index contributed by atoms with van der Waals surface area (Å²) in [4.78, 5) is 10.5. The number of aliphatic carboxylic acids is 1.